The summed E-state index contributed by atoms with van der Waals surface area (Å²) in [6, 6.07) is 15.4. The highest BCUT2D eigenvalue weighted by molar-refractivity contribution is 5.89. The Balaban J connectivity index is 1.51. The highest BCUT2D eigenvalue weighted by Gasteiger charge is 2.30. The summed E-state index contributed by atoms with van der Waals surface area (Å²) in [5.41, 5.74) is 9.47. The van der Waals surface area contributed by atoms with Crippen LogP contribution in [-0.4, -0.2) is 39.7 Å². The zero-order chi connectivity index (χ0) is 21.3. The Morgan fingerprint density at radius 2 is 1.93 bits per heavy atom. The van der Waals surface area contributed by atoms with Crippen LogP contribution in [0.1, 0.15) is 31.7 Å². The van der Waals surface area contributed by atoms with Crippen LogP contribution in [0.15, 0.2) is 48.5 Å². The third kappa shape index (κ3) is 3.90. The number of aryl methyl sites for hydroxylation is 1. The van der Waals surface area contributed by atoms with Crippen LogP contribution >= 0.6 is 0 Å². The number of ether oxygens (including phenoxy) is 1. The molecule has 3 N–H and O–H groups in total. The Bertz CT molecular complexity index is 1070. The Hall–Kier alpha value is -3.28. The van der Waals surface area contributed by atoms with Gasteiger partial charge in [-0.3, -0.25) is 0 Å². The number of aromatic nitrogens is 1. The van der Waals surface area contributed by atoms with Crippen LogP contribution in [0.3, 0.4) is 0 Å². The summed E-state index contributed by atoms with van der Waals surface area (Å²) in [5.74, 6) is 0.847. The molecule has 1 aliphatic rings. The number of fused-ring (bicyclic) bond motifs is 1. The molecule has 0 spiro atoms. The summed E-state index contributed by atoms with van der Waals surface area (Å²) in [7, 11) is 0. The minimum Gasteiger partial charge on any atom is -0.493 e. The van der Waals surface area contributed by atoms with Crippen molar-refractivity contribution >= 4 is 16.9 Å². The van der Waals surface area contributed by atoms with E-state index in [2.05, 4.69) is 18.0 Å². The van der Waals surface area contributed by atoms with Gasteiger partial charge in [0.2, 0.25) is 5.88 Å². The minimum absolute atomic E-state index is 0.0271. The van der Waals surface area contributed by atoms with Gasteiger partial charge in [-0.15, -0.1) is 0 Å². The van der Waals surface area contributed by atoms with Gasteiger partial charge in [0.15, 0.2) is 0 Å². The third-order valence-corrected chi connectivity index (χ3v) is 5.99. The van der Waals surface area contributed by atoms with E-state index >= 15 is 0 Å². The van der Waals surface area contributed by atoms with Crippen molar-refractivity contribution < 1.29 is 14.6 Å². The number of pyridine rings is 1. The summed E-state index contributed by atoms with van der Waals surface area (Å²) in [6.07, 6.45) is 2.51. The molecule has 6 nitrogen and oxygen atoms in total. The number of urea groups is 1. The van der Waals surface area contributed by atoms with E-state index in [1.807, 2.05) is 43.3 Å². The van der Waals surface area contributed by atoms with Crippen molar-refractivity contribution in [2.24, 2.45) is 5.73 Å². The van der Waals surface area contributed by atoms with Crippen LogP contribution in [0.2, 0.25) is 0 Å². The van der Waals surface area contributed by atoms with E-state index in [-0.39, 0.29) is 24.1 Å². The van der Waals surface area contributed by atoms with Crippen molar-refractivity contribution in [2.75, 3.05) is 6.54 Å². The second kappa shape index (κ2) is 8.22. The Morgan fingerprint density at radius 1 is 1.20 bits per heavy atom. The van der Waals surface area contributed by atoms with Crippen molar-refractivity contribution in [3.05, 3.63) is 54.1 Å². The lowest BCUT2D eigenvalue weighted by Gasteiger charge is -2.38. The lowest BCUT2D eigenvalue weighted by Crippen LogP contribution is -2.50. The monoisotopic (exact) mass is 405 g/mol. The van der Waals surface area contributed by atoms with Gasteiger partial charge in [-0.25, -0.2) is 9.78 Å². The number of carbonyl (C=O) groups excluding carboxylic acids is 1. The predicted molar refractivity (Wildman–Crippen MR) is 118 cm³/mol. The number of hydrogen-bond acceptors (Lipinski definition) is 4. The van der Waals surface area contributed by atoms with E-state index in [1.54, 1.807) is 11.0 Å². The van der Waals surface area contributed by atoms with E-state index in [9.17, 15) is 9.90 Å². The number of nitrogens with two attached hydrogens (primary N) is 1. The van der Waals surface area contributed by atoms with Gasteiger partial charge in [-0.2, -0.15) is 0 Å². The maximum absolute atomic E-state index is 11.6. The quantitative estimate of drug-likeness (QED) is 0.663. The van der Waals surface area contributed by atoms with Gasteiger partial charge in [0.05, 0.1) is 5.52 Å². The fourth-order valence-electron chi connectivity index (χ4n) is 4.34. The molecule has 2 amide bonds. The number of benzene rings is 2. The summed E-state index contributed by atoms with van der Waals surface area (Å²) in [5, 5.41) is 10.7. The zero-order valence-corrected chi connectivity index (χ0v) is 17.3. The number of rotatable bonds is 4. The molecule has 30 heavy (non-hydrogen) atoms. The molecule has 6 heteroatoms. The van der Waals surface area contributed by atoms with Gasteiger partial charge in [0, 0.05) is 36.9 Å². The number of aromatic hydroxyl groups is 1. The van der Waals surface area contributed by atoms with E-state index < -0.39 is 0 Å². The Morgan fingerprint density at radius 3 is 2.63 bits per heavy atom. The minimum atomic E-state index is -0.349. The van der Waals surface area contributed by atoms with Gasteiger partial charge in [-0.1, -0.05) is 31.2 Å². The molecule has 2 unspecified atom stereocenters. The van der Waals surface area contributed by atoms with Crippen molar-refractivity contribution in [2.45, 2.75) is 45.3 Å². The molecule has 4 rings (SSSR count). The molecule has 1 saturated heterocycles. The number of carbonyl (C=O) groups is 1. The molecule has 2 aromatic carbocycles. The third-order valence-electron chi connectivity index (χ3n) is 5.99. The van der Waals surface area contributed by atoms with E-state index in [4.69, 9.17) is 10.5 Å². The average Bonchev–Trinajstić information content (AvgIpc) is 2.75. The summed E-state index contributed by atoms with van der Waals surface area (Å²) in [4.78, 5) is 17.6. The molecule has 1 aromatic heterocycles. The van der Waals surface area contributed by atoms with Crippen molar-refractivity contribution in [3.8, 4) is 22.8 Å². The smallest absolute Gasteiger partial charge is 0.315 e. The van der Waals surface area contributed by atoms with Crippen molar-refractivity contribution in [1.29, 1.82) is 0 Å². The second-order valence-corrected chi connectivity index (χ2v) is 7.86. The van der Waals surface area contributed by atoms with Crippen LogP contribution < -0.4 is 10.5 Å². The van der Waals surface area contributed by atoms with Gasteiger partial charge in [0.25, 0.3) is 0 Å². The number of piperidine rings is 1. The molecule has 0 aliphatic carbocycles. The normalized spacial score (nSPS) is 19.1. The van der Waals surface area contributed by atoms with Crippen molar-refractivity contribution in [3.63, 3.8) is 0 Å². The standard InChI is InChI=1S/C24H27N3O3/c1-3-18-14-20(12-13-27(18)24(25)29)30-19-8-4-16(5-9-19)21-10-6-17-7-11-22(28)26-23(17)15(21)2/h4-11,18,20H,3,12-14H2,1-2H3,(H2,25,29)(H,26,28). The summed E-state index contributed by atoms with van der Waals surface area (Å²) >= 11 is 0. The Labute approximate surface area is 176 Å². The van der Waals surface area contributed by atoms with Crippen LogP contribution in [0.4, 0.5) is 4.79 Å². The average molecular weight is 405 g/mol. The topological polar surface area (TPSA) is 88.7 Å². The van der Waals surface area contributed by atoms with Gasteiger partial charge >= 0.3 is 6.03 Å². The largest absolute Gasteiger partial charge is 0.493 e. The molecule has 0 radical (unpaired) electrons. The molecule has 0 saturated carbocycles. The van der Waals surface area contributed by atoms with E-state index in [0.29, 0.717) is 6.54 Å². The SMILES string of the molecule is CCC1CC(Oc2ccc(-c3ccc4ccc(O)nc4c3C)cc2)CCN1C(N)=O. The first kappa shape index (κ1) is 20.0. The van der Waals surface area contributed by atoms with E-state index in [1.165, 1.54) is 0 Å². The number of nitrogens with zero attached hydrogens (tertiary/aromatic N) is 2. The molecular weight excluding hydrogens is 378 g/mol. The number of likely N-dealkylation sites (tertiary alicyclic amines) is 1. The number of hydrogen-bond donors (Lipinski definition) is 2. The van der Waals surface area contributed by atoms with E-state index in [0.717, 1.165) is 52.6 Å². The summed E-state index contributed by atoms with van der Waals surface area (Å²) < 4.78 is 6.20. The molecule has 2 heterocycles. The molecule has 1 fully saturated rings. The molecular formula is C24H27N3O3. The van der Waals surface area contributed by atoms with Crippen LogP contribution in [0.25, 0.3) is 22.0 Å². The molecule has 3 aromatic rings. The highest BCUT2D eigenvalue weighted by atomic mass is 16.5. The van der Waals surface area contributed by atoms with Gasteiger partial charge in [0.1, 0.15) is 11.9 Å². The first-order chi connectivity index (χ1) is 14.5. The predicted octanol–water partition coefficient (Wildman–Crippen LogP) is 4.62. The first-order valence-corrected chi connectivity index (χ1v) is 10.4. The molecule has 1 aliphatic heterocycles. The maximum Gasteiger partial charge on any atom is 0.315 e. The lowest BCUT2D eigenvalue weighted by molar-refractivity contribution is 0.0752. The Kier molecular flexibility index (Phi) is 5.48. The lowest BCUT2D eigenvalue weighted by atomic mass is 9.97. The number of primary amides is 1. The van der Waals surface area contributed by atoms with Gasteiger partial charge in [-0.05, 0) is 48.2 Å². The fraction of sp³-hybridized carbons (Fsp3) is 0.333. The van der Waals surface area contributed by atoms with Gasteiger partial charge < -0.3 is 20.5 Å². The van der Waals surface area contributed by atoms with Crippen LogP contribution in [-0.2, 0) is 0 Å². The van der Waals surface area contributed by atoms with Crippen LogP contribution in [0, 0.1) is 6.92 Å². The summed E-state index contributed by atoms with van der Waals surface area (Å²) in [6.45, 7) is 4.72. The molecule has 2 atom stereocenters. The first-order valence-electron chi connectivity index (χ1n) is 10.4. The maximum atomic E-state index is 11.6. The molecule has 156 valence electrons. The highest BCUT2D eigenvalue weighted by Crippen LogP contribution is 2.31. The fourth-order valence-corrected chi connectivity index (χ4v) is 4.34. The second-order valence-electron chi connectivity index (χ2n) is 7.86. The number of amides is 2. The zero-order valence-electron chi connectivity index (χ0n) is 17.3. The molecule has 0 bridgehead atoms. The van der Waals surface area contributed by atoms with Crippen LogP contribution in [0.5, 0.6) is 11.6 Å². The van der Waals surface area contributed by atoms with Crippen molar-refractivity contribution in [1.82, 2.24) is 9.88 Å².